The van der Waals surface area contributed by atoms with E-state index in [4.69, 9.17) is 5.26 Å². The van der Waals surface area contributed by atoms with Crippen LogP contribution in [0.1, 0.15) is 18.2 Å². The highest BCUT2D eigenvalue weighted by Crippen LogP contribution is 2.17. The van der Waals surface area contributed by atoms with E-state index in [1.54, 1.807) is 0 Å². The fraction of sp³-hybridized carbons (Fsp3) is 0.500. The van der Waals surface area contributed by atoms with Gasteiger partial charge in [-0.1, -0.05) is 0 Å². The van der Waals surface area contributed by atoms with Crippen LogP contribution < -0.4 is 10.2 Å². The second-order valence-electron chi connectivity index (χ2n) is 4.16. The monoisotopic (exact) mass is 216 g/mol. The number of hydrogen-bond acceptors (Lipinski definition) is 4. The Hall–Kier alpha value is -1.60. The van der Waals surface area contributed by atoms with Crippen LogP contribution in [-0.2, 0) is 0 Å². The average Bonchev–Trinajstić information content (AvgIpc) is 2.29. The molecule has 0 aliphatic carbocycles. The molecule has 0 aromatic carbocycles. The summed E-state index contributed by atoms with van der Waals surface area (Å²) >= 11 is 0. The van der Waals surface area contributed by atoms with E-state index in [2.05, 4.69) is 28.2 Å². The van der Waals surface area contributed by atoms with Crippen molar-refractivity contribution in [2.24, 2.45) is 0 Å². The van der Waals surface area contributed by atoms with Gasteiger partial charge in [0.1, 0.15) is 11.9 Å². The average molecular weight is 216 g/mol. The molecule has 4 heteroatoms. The fourth-order valence-electron chi connectivity index (χ4n) is 2.01. The van der Waals surface area contributed by atoms with Crippen LogP contribution in [0.4, 0.5) is 5.82 Å². The van der Waals surface area contributed by atoms with Crippen molar-refractivity contribution >= 4 is 5.82 Å². The maximum Gasteiger partial charge on any atom is 0.129 e. The van der Waals surface area contributed by atoms with Crippen LogP contribution in [0.3, 0.4) is 0 Å². The van der Waals surface area contributed by atoms with Crippen molar-refractivity contribution in [1.29, 1.82) is 5.26 Å². The summed E-state index contributed by atoms with van der Waals surface area (Å²) in [7, 11) is 0. The van der Waals surface area contributed by atoms with E-state index in [-0.39, 0.29) is 0 Å². The topological polar surface area (TPSA) is 52.0 Å². The minimum Gasteiger partial charge on any atom is -0.351 e. The number of nitrogens with zero attached hydrogens (tertiary/aromatic N) is 3. The normalized spacial score (nSPS) is 20.6. The molecule has 2 rings (SSSR count). The summed E-state index contributed by atoms with van der Waals surface area (Å²) in [6.07, 6.45) is 0. The molecule has 1 aromatic heterocycles. The van der Waals surface area contributed by atoms with Crippen LogP contribution in [0.5, 0.6) is 0 Å². The third-order valence-electron chi connectivity index (χ3n) is 2.99. The smallest absolute Gasteiger partial charge is 0.129 e. The predicted octanol–water partition coefficient (Wildman–Crippen LogP) is 1.06. The lowest BCUT2D eigenvalue weighted by atomic mass is 10.2. The Morgan fingerprint density at radius 3 is 3.00 bits per heavy atom. The van der Waals surface area contributed by atoms with Crippen molar-refractivity contribution in [2.75, 3.05) is 24.5 Å². The molecule has 0 spiro atoms. The second-order valence-corrected chi connectivity index (χ2v) is 4.16. The molecule has 2 heterocycles. The largest absolute Gasteiger partial charge is 0.351 e. The lowest BCUT2D eigenvalue weighted by Gasteiger charge is -2.35. The first-order valence-corrected chi connectivity index (χ1v) is 5.57. The summed E-state index contributed by atoms with van der Waals surface area (Å²) in [4.78, 5) is 6.78. The van der Waals surface area contributed by atoms with Crippen molar-refractivity contribution in [2.45, 2.75) is 19.9 Å². The number of aryl methyl sites for hydroxylation is 1. The standard InChI is InChI=1S/C12H16N4/c1-9-8-14-5-6-16(9)12-4-3-11(7-13)10(2)15-12/h3-4,9,14H,5-6,8H2,1-2H3. The minimum absolute atomic E-state index is 0.452. The fourth-order valence-corrected chi connectivity index (χ4v) is 2.01. The summed E-state index contributed by atoms with van der Waals surface area (Å²) in [5, 5.41) is 12.2. The molecule has 16 heavy (non-hydrogen) atoms. The molecular weight excluding hydrogens is 200 g/mol. The first-order chi connectivity index (χ1) is 7.72. The van der Waals surface area contributed by atoms with Gasteiger partial charge in [-0.25, -0.2) is 4.98 Å². The predicted molar refractivity (Wildman–Crippen MR) is 63.4 cm³/mol. The van der Waals surface area contributed by atoms with Crippen molar-refractivity contribution < 1.29 is 0 Å². The third kappa shape index (κ3) is 2.00. The molecule has 0 amide bonds. The first kappa shape index (κ1) is 10.9. The van der Waals surface area contributed by atoms with Gasteiger partial charge in [0, 0.05) is 25.7 Å². The van der Waals surface area contributed by atoms with Gasteiger partial charge in [0.2, 0.25) is 0 Å². The third-order valence-corrected chi connectivity index (χ3v) is 2.99. The number of piperazine rings is 1. The lowest BCUT2D eigenvalue weighted by Crippen LogP contribution is -2.50. The Morgan fingerprint density at radius 1 is 1.56 bits per heavy atom. The Labute approximate surface area is 95.9 Å². The van der Waals surface area contributed by atoms with E-state index in [1.807, 2.05) is 19.1 Å². The lowest BCUT2D eigenvalue weighted by molar-refractivity contribution is 0.497. The van der Waals surface area contributed by atoms with Crippen molar-refractivity contribution in [1.82, 2.24) is 10.3 Å². The van der Waals surface area contributed by atoms with E-state index in [1.165, 1.54) is 0 Å². The van der Waals surface area contributed by atoms with Crippen LogP contribution in [-0.4, -0.2) is 30.7 Å². The van der Waals surface area contributed by atoms with Gasteiger partial charge in [-0.2, -0.15) is 5.26 Å². The zero-order chi connectivity index (χ0) is 11.5. The Morgan fingerprint density at radius 2 is 2.38 bits per heavy atom. The van der Waals surface area contributed by atoms with Crippen LogP contribution in [0, 0.1) is 18.3 Å². The van der Waals surface area contributed by atoms with Gasteiger partial charge in [-0.15, -0.1) is 0 Å². The van der Waals surface area contributed by atoms with Gasteiger partial charge in [-0.05, 0) is 26.0 Å². The summed E-state index contributed by atoms with van der Waals surface area (Å²) in [5.74, 6) is 0.977. The summed E-state index contributed by atoms with van der Waals surface area (Å²) in [6, 6.07) is 6.39. The maximum absolute atomic E-state index is 8.86. The first-order valence-electron chi connectivity index (χ1n) is 5.57. The van der Waals surface area contributed by atoms with Crippen molar-refractivity contribution in [3.63, 3.8) is 0 Å². The number of nitrogens with one attached hydrogen (secondary N) is 1. The molecule has 1 saturated heterocycles. The van der Waals surface area contributed by atoms with Crippen LogP contribution in [0.15, 0.2) is 12.1 Å². The highest BCUT2D eigenvalue weighted by molar-refractivity contribution is 5.46. The molecule has 1 N–H and O–H groups in total. The van der Waals surface area contributed by atoms with E-state index < -0.39 is 0 Å². The molecule has 1 atom stereocenters. The summed E-state index contributed by atoms with van der Waals surface area (Å²) < 4.78 is 0. The molecule has 1 aliphatic heterocycles. The highest BCUT2D eigenvalue weighted by atomic mass is 15.3. The molecule has 4 nitrogen and oxygen atoms in total. The molecule has 84 valence electrons. The molecule has 1 fully saturated rings. The SMILES string of the molecule is Cc1nc(N2CCNCC2C)ccc1C#N. The van der Waals surface area contributed by atoms with Gasteiger partial charge in [0.25, 0.3) is 0 Å². The zero-order valence-corrected chi connectivity index (χ0v) is 9.70. The number of rotatable bonds is 1. The van der Waals surface area contributed by atoms with Gasteiger partial charge in [0.15, 0.2) is 0 Å². The van der Waals surface area contributed by atoms with Crippen molar-refractivity contribution in [3.8, 4) is 6.07 Å². The van der Waals surface area contributed by atoms with E-state index in [0.717, 1.165) is 31.1 Å². The number of nitriles is 1. The Kier molecular flexibility index (Phi) is 3.07. The second kappa shape index (κ2) is 4.50. The minimum atomic E-state index is 0.452. The Balaban J connectivity index is 2.27. The molecule has 0 bridgehead atoms. The van der Waals surface area contributed by atoms with Crippen LogP contribution in [0.25, 0.3) is 0 Å². The van der Waals surface area contributed by atoms with Gasteiger partial charge < -0.3 is 10.2 Å². The Bertz CT molecular complexity index is 422. The van der Waals surface area contributed by atoms with Gasteiger partial charge in [-0.3, -0.25) is 0 Å². The van der Waals surface area contributed by atoms with Gasteiger partial charge in [0.05, 0.1) is 11.3 Å². The van der Waals surface area contributed by atoms with Crippen molar-refractivity contribution in [3.05, 3.63) is 23.4 Å². The van der Waals surface area contributed by atoms with E-state index >= 15 is 0 Å². The number of anilines is 1. The van der Waals surface area contributed by atoms with E-state index in [0.29, 0.717) is 11.6 Å². The molecule has 1 unspecified atom stereocenters. The number of aromatic nitrogens is 1. The highest BCUT2D eigenvalue weighted by Gasteiger charge is 2.19. The summed E-state index contributed by atoms with van der Waals surface area (Å²) in [6.45, 7) is 7.02. The molecule has 1 aromatic rings. The number of hydrogen-bond donors (Lipinski definition) is 1. The number of pyridine rings is 1. The molecular formula is C12H16N4. The van der Waals surface area contributed by atoms with Gasteiger partial charge >= 0.3 is 0 Å². The molecule has 0 radical (unpaired) electrons. The van der Waals surface area contributed by atoms with Crippen LogP contribution in [0.2, 0.25) is 0 Å². The van der Waals surface area contributed by atoms with Crippen LogP contribution >= 0.6 is 0 Å². The maximum atomic E-state index is 8.86. The zero-order valence-electron chi connectivity index (χ0n) is 9.70. The van der Waals surface area contributed by atoms with E-state index in [9.17, 15) is 0 Å². The quantitative estimate of drug-likeness (QED) is 0.762. The summed E-state index contributed by atoms with van der Waals surface area (Å²) in [5.41, 5.74) is 1.47. The molecule has 0 saturated carbocycles. The molecule has 1 aliphatic rings.